The molecule has 3 rings (SSSR count). The third kappa shape index (κ3) is 6.53. The highest BCUT2D eigenvalue weighted by molar-refractivity contribution is 7.85. The van der Waals surface area contributed by atoms with Crippen LogP contribution in [0.2, 0.25) is 0 Å². The Morgan fingerprint density at radius 3 is 2.23 bits per heavy atom. The van der Waals surface area contributed by atoms with Crippen molar-refractivity contribution in [2.24, 2.45) is 5.92 Å². The highest BCUT2D eigenvalue weighted by atomic mass is 32.2. The molecule has 26 heavy (non-hydrogen) atoms. The lowest BCUT2D eigenvalue weighted by Gasteiger charge is -2.34. The first-order valence-corrected chi connectivity index (χ1v) is 10.2. The van der Waals surface area contributed by atoms with Crippen LogP contribution < -0.4 is 0 Å². The van der Waals surface area contributed by atoms with E-state index in [0.717, 1.165) is 31.6 Å². The van der Waals surface area contributed by atoms with E-state index in [1.54, 1.807) is 12.1 Å². The Bertz CT molecular complexity index is 775. The molecule has 0 radical (unpaired) electrons. The van der Waals surface area contributed by atoms with Crippen molar-refractivity contribution >= 4 is 10.1 Å². The summed E-state index contributed by atoms with van der Waals surface area (Å²) in [6, 6.07) is 16.4. The molecule has 0 amide bonds. The lowest BCUT2D eigenvalue weighted by molar-refractivity contribution is 0.0259. The van der Waals surface area contributed by atoms with Crippen LogP contribution in [0.3, 0.4) is 0 Å². The maximum absolute atomic E-state index is 10.5. The molecule has 0 unspecified atom stereocenters. The Balaban J connectivity index is 0.000000197. The SMILES string of the molecule is C[C@H]1CCN(Cc2ccccc2)C[C@@H]1O.Cc1ccc(S(=O)(=O)O)cc1. The van der Waals surface area contributed by atoms with Gasteiger partial charge in [0.1, 0.15) is 0 Å². The van der Waals surface area contributed by atoms with Gasteiger partial charge in [0.05, 0.1) is 11.0 Å². The number of aliphatic hydroxyl groups excluding tert-OH is 1. The van der Waals surface area contributed by atoms with Crippen LogP contribution in [0, 0.1) is 12.8 Å². The molecule has 0 saturated carbocycles. The van der Waals surface area contributed by atoms with E-state index in [2.05, 4.69) is 36.1 Å². The normalized spacial score (nSPS) is 20.9. The van der Waals surface area contributed by atoms with Gasteiger partial charge in [0.2, 0.25) is 0 Å². The van der Waals surface area contributed by atoms with Gasteiger partial charge in [0.25, 0.3) is 10.1 Å². The first-order chi connectivity index (χ1) is 12.3. The van der Waals surface area contributed by atoms with Crippen LogP contribution in [-0.4, -0.2) is 42.2 Å². The standard InChI is InChI=1S/C13H19NO.C7H8O3S/c1-11-7-8-14(10-13(11)15)9-12-5-3-2-4-6-12;1-6-2-4-7(5-3-6)11(8,9)10/h2-6,11,13,15H,7-10H2,1H3;2-5H,1H3,(H,8,9,10)/t11-,13-;/m0./s1. The van der Waals surface area contributed by atoms with Gasteiger partial charge in [0, 0.05) is 13.1 Å². The third-order valence-corrected chi connectivity index (χ3v) is 5.44. The minimum absolute atomic E-state index is 0.0666. The average Bonchev–Trinajstić information content (AvgIpc) is 2.59. The van der Waals surface area contributed by atoms with Crippen molar-refractivity contribution in [3.63, 3.8) is 0 Å². The van der Waals surface area contributed by atoms with Gasteiger partial charge in [-0.3, -0.25) is 9.45 Å². The molecular formula is C20H27NO4S. The van der Waals surface area contributed by atoms with E-state index < -0.39 is 10.1 Å². The summed E-state index contributed by atoms with van der Waals surface area (Å²) >= 11 is 0. The topological polar surface area (TPSA) is 77.8 Å². The molecule has 1 aliphatic rings. The molecule has 0 bridgehead atoms. The third-order valence-electron chi connectivity index (χ3n) is 4.57. The van der Waals surface area contributed by atoms with Gasteiger partial charge in [0.15, 0.2) is 0 Å². The Kier molecular flexibility index (Phi) is 7.34. The molecule has 2 aromatic carbocycles. The Labute approximate surface area is 156 Å². The number of likely N-dealkylation sites (tertiary alicyclic amines) is 1. The maximum atomic E-state index is 10.5. The first-order valence-electron chi connectivity index (χ1n) is 8.74. The predicted molar refractivity (Wildman–Crippen MR) is 103 cm³/mol. The fraction of sp³-hybridized carbons (Fsp3) is 0.400. The molecule has 6 heteroatoms. The van der Waals surface area contributed by atoms with E-state index in [-0.39, 0.29) is 11.0 Å². The number of rotatable bonds is 3. The zero-order chi connectivity index (χ0) is 19.2. The van der Waals surface area contributed by atoms with Crippen molar-refractivity contribution in [1.82, 2.24) is 4.90 Å². The lowest BCUT2D eigenvalue weighted by Crippen LogP contribution is -2.42. The number of hydrogen-bond acceptors (Lipinski definition) is 4. The van der Waals surface area contributed by atoms with E-state index in [1.807, 2.05) is 13.0 Å². The molecule has 5 nitrogen and oxygen atoms in total. The molecule has 0 aromatic heterocycles. The summed E-state index contributed by atoms with van der Waals surface area (Å²) in [5.74, 6) is 0.456. The summed E-state index contributed by atoms with van der Waals surface area (Å²) in [6.07, 6.45) is 0.955. The van der Waals surface area contributed by atoms with Crippen LogP contribution in [0.15, 0.2) is 59.5 Å². The monoisotopic (exact) mass is 377 g/mol. The second-order valence-electron chi connectivity index (χ2n) is 6.84. The van der Waals surface area contributed by atoms with E-state index in [1.165, 1.54) is 17.7 Å². The van der Waals surface area contributed by atoms with Gasteiger partial charge in [-0.25, -0.2) is 0 Å². The maximum Gasteiger partial charge on any atom is 0.294 e. The molecule has 0 aliphatic carbocycles. The van der Waals surface area contributed by atoms with Gasteiger partial charge in [-0.15, -0.1) is 0 Å². The van der Waals surface area contributed by atoms with Gasteiger partial charge in [-0.2, -0.15) is 8.42 Å². The number of piperidine rings is 1. The molecule has 142 valence electrons. The van der Waals surface area contributed by atoms with Crippen molar-refractivity contribution in [3.05, 3.63) is 65.7 Å². The van der Waals surface area contributed by atoms with Crippen LogP contribution in [-0.2, 0) is 16.7 Å². The quantitative estimate of drug-likeness (QED) is 0.804. The summed E-state index contributed by atoms with van der Waals surface area (Å²) in [4.78, 5) is 2.27. The van der Waals surface area contributed by atoms with Crippen molar-refractivity contribution in [3.8, 4) is 0 Å². The minimum Gasteiger partial charge on any atom is -0.392 e. The van der Waals surface area contributed by atoms with Crippen LogP contribution in [0.5, 0.6) is 0 Å². The summed E-state index contributed by atoms with van der Waals surface area (Å²) in [7, 11) is -4.02. The predicted octanol–water partition coefficient (Wildman–Crippen LogP) is 3.13. The summed E-state index contributed by atoms with van der Waals surface area (Å²) in [5, 5.41) is 9.78. The summed E-state index contributed by atoms with van der Waals surface area (Å²) in [6.45, 7) is 6.85. The van der Waals surface area contributed by atoms with Gasteiger partial charge >= 0.3 is 0 Å². The van der Waals surface area contributed by atoms with E-state index >= 15 is 0 Å². The number of benzene rings is 2. The number of hydrogen-bond donors (Lipinski definition) is 2. The van der Waals surface area contributed by atoms with Crippen molar-refractivity contribution in [1.29, 1.82) is 0 Å². The minimum atomic E-state index is -4.02. The molecular weight excluding hydrogens is 350 g/mol. The zero-order valence-corrected chi connectivity index (χ0v) is 16.1. The number of nitrogens with zero attached hydrogens (tertiary/aromatic N) is 1. The zero-order valence-electron chi connectivity index (χ0n) is 15.2. The van der Waals surface area contributed by atoms with Crippen LogP contribution in [0.25, 0.3) is 0 Å². The van der Waals surface area contributed by atoms with Gasteiger partial charge in [-0.05, 0) is 43.5 Å². The molecule has 1 fully saturated rings. The highest BCUT2D eigenvalue weighted by Crippen LogP contribution is 2.18. The van der Waals surface area contributed by atoms with Crippen LogP contribution >= 0.6 is 0 Å². The average molecular weight is 378 g/mol. The summed E-state index contributed by atoms with van der Waals surface area (Å²) in [5.41, 5.74) is 2.29. The Morgan fingerprint density at radius 1 is 1.08 bits per heavy atom. The summed E-state index contributed by atoms with van der Waals surface area (Å²) < 4.78 is 29.6. The highest BCUT2D eigenvalue weighted by Gasteiger charge is 2.23. The molecule has 2 atom stereocenters. The number of aliphatic hydroxyl groups is 1. The molecule has 2 aromatic rings. The van der Waals surface area contributed by atoms with E-state index in [9.17, 15) is 13.5 Å². The second kappa shape index (κ2) is 9.28. The van der Waals surface area contributed by atoms with E-state index in [0.29, 0.717) is 5.92 Å². The van der Waals surface area contributed by atoms with Crippen LogP contribution in [0.1, 0.15) is 24.5 Å². The fourth-order valence-corrected chi connectivity index (χ4v) is 3.29. The van der Waals surface area contributed by atoms with Gasteiger partial charge < -0.3 is 5.11 Å². The largest absolute Gasteiger partial charge is 0.392 e. The van der Waals surface area contributed by atoms with Crippen LogP contribution in [0.4, 0.5) is 0 Å². The molecule has 2 N–H and O–H groups in total. The lowest BCUT2D eigenvalue weighted by atomic mass is 9.96. The number of aryl methyl sites for hydroxylation is 1. The van der Waals surface area contributed by atoms with Crippen molar-refractivity contribution in [2.75, 3.05) is 13.1 Å². The molecule has 1 aliphatic heterocycles. The Morgan fingerprint density at radius 2 is 1.69 bits per heavy atom. The van der Waals surface area contributed by atoms with Gasteiger partial charge in [-0.1, -0.05) is 55.0 Å². The molecule has 1 heterocycles. The second-order valence-corrected chi connectivity index (χ2v) is 8.26. The van der Waals surface area contributed by atoms with Crippen molar-refractivity contribution < 1.29 is 18.1 Å². The smallest absolute Gasteiger partial charge is 0.294 e. The molecule has 0 spiro atoms. The van der Waals surface area contributed by atoms with E-state index in [4.69, 9.17) is 4.55 Å². The first kappa shape index (κ1) is 20.6. The van der Waals surface area contributed by atoms with Crippen molar-refractivity contribution in [2.45, 2.75) is 37.8 Å². The molecule has 1 saturated heterocycles. The fourth-order valence-electron chi connectivity index (χ4n) is 2.81. The Hall–Kier alpha value is -1.73. The number of β-amino-alcohol motifs (C(OH)–C–C–N with tert-alkyl or cyclic N) is 1.